The van der Waals surface area contributed by atoms with Gasteiger partial charge in [-0.2, -0.15) is 5.10 Å². The molecule has 0 radical (unpaired) electrons. The molecule has 1 saturated heterocycles. The average Bonchev–Trinajstić information content (AvgIpc) is 3.48. The maximum Gasteiger partial charge on any atom is 0.164 e. The lowest BCUT2D eigenvalue weighted by Gasteiger charge is -2.28. The summed E-state index contributed by atoms with van der Waals surface area (Å²) >= 11 is 0. The summed E-state index contributed by atoms with van der Waals surface area (Å²) in [5, 5.41) is 8.83. The molecule has 0 amide bonds. The fourth-order valence-electron chi connectivity index (χ4n) is 4.09. The van der Waals surface area contributed by atoms with Crippen LogP contribution in [-0.2, 0) is 11.3 Å². The molecule has 0 saturated carbocycles. The molecule has 1 aliphatic rings. The molecule has 0 atom stereocenters. The molecule has 10 heteroatoms. The van der Waals surface area contributed by atoms with E-state index in [0.717, 1.165) is 74.0 Å². The molecule has 4 heterocycles. The van der Waals surface area contributed by atoms with Gasteiger partial charge in [0.1, 0.15) is 12.1 Å². The Hall–Kier alpha value is -3.63. The molecule has 3 aromatic heterocycles. The van der Waals surface area contributed by atoms with E-state index in [1.54, 1.807) is 6.33 Å². The molecule has 0 unspecified atom stereocenters. The van der Waals surface area contributed by atoms with Gasteiger partial charge in [-0.05, 0) is 57.4 Å². The average molecular weight is 462 g/mol. The van der Waals surface area contributed by atoms with E-state index in [9.17, 15) is 0 Å². The molecule has 1 fully saturated rings. The van der Waals surface area contributed by atoms with Gasteiger partial charge in [0.05, 0.1) is 30.5 Å². The van der Waals surface area contributed by atoms with Crippen molar-refractivity contribution in [1.29, 1.82) is 0 Å². The van der Waals surface area contributed by atoms with Crippen molar-refractivity contribution in [2.75, 3.05) is 62.6 Å². The van der Waals surface area contributed by atoms with Crippen molar-refractivity contribution in [1.82, 2.24) is 29.3 Å². The van der Waals surface area contributed by atoms with E-state index in [1.807, 2.05) is 34.0 Å². The van der Waals surface area contributed by atoms with Gasteiger partial charge in [-0.15, -0.1) is 0 Å². The number of ether oxygens (including phenoxy) is 1. The number of rotatable bonds is 9. The monoisotopic (exact) mass is 461 g/mol. The minimum Gasteiger partial charge on any atom is -0.378 e. The highest BCUT2D eigenvalue weighted by atomic mass is 16.5. The van der Waals surface area contributed by atoms with Gasteiger partial charge in [0.25, 0.3) is 0 Å². The van der Waals surface area contributed by atoms with Crippen molar-refractivity contribution in [2.45, 2.75) is 13.0 Å². The van der Waals surface area contributed by atoms with Gasteiger partial charge in [-0.1, -0.05) is 0 Å². The van der Waals surface area contributed by atoms with E-state index < -0.39 is 0 Å². The van der Waals surface area contributed by atoms with Crippen LogP contribution in [0, 0.1) is 0 Å². The van der Waals surface area contributed by atoms with Crippen LogP contribution in [0.25, 0.3) is 11.0 Å². The van der Waals surface area contributed by atoms with E-state index >= 15 is 0 Å². The lowest BCUT2D eigenvalue weighted by Crippen LogP contribution is -2.36. The summed E-state index contributed by atoms with van der Waals surface area (Å²) in [5.41, 5.74) is 7.27. The minimum atomic E-state index is 0.768. The molecule has 178 valence electrons. The molecule has 0 spiro atoms. The summed E-state index contributed by atoms with van der Waals surface area (Å²) in [4.78, 5) is 13.5. The van der Waals surface area contributed by atoms with Gasteiger partial charge in [0, 0.05) is 43.4 Å². The topological polar surface area (TPSA) is 88.3 Å². The number of benzene rings is 1. The van der Waals surface area contributed by atoms with Crippen LogP contribution in [0.15, 0.2) is 55.2 Å². The van der Waals surface area contributed by atoms with Crippen LogP contribution in [0.4, 0.5) is 22.9 Å². The lowest BCUT2D eigenvalue weighted by molar-refractivity contribution is 0.122. The van der Waals surface area contributed by atoms with Crippen molar-refractivity contribution in [2.24, 2.45) is 0 Å². The number of fused-ring (bicyclic) bond motifs is 1. The van der Waals surface area contributed by atoms with Gasteiger partial charge in [-0.3, -0.25) is 10.1 Å². The van der Waals surface area contributed by atoms with Crippen LogP contribution in [0.2, 0.25) is 0 Å². The first-order valence-electron chi connectivity index (χ1n) is 11.6. The number of anilines is 4. The fraction of sp³-hybridized carbons (Fsp3) is 0.375. The number of hydrogen-bond donors (Lipinski definition) is 2. The SMILES string of the molecule is CN(C)CCCn1cc(Nn2ccc3c(Nc4ccc(N5CCOCC5)cc4)ncnc32)cn1. The number of morpholine rings is 1. The van der Waals surface area contributed by atoms with E-state index in [0.29, 0.717) is 0 Å². The second-order valence-corrected chi connectivity index (χ2v) is 8.68. The third-order valence-electron chi connectivity index (χ3n) is 5.86. The Bertz CT molecular complexity index is 1210. The van der Waals surface area contributed by atoms with Crippen LogP contribution in [0.5, 0.6) is 0 Å². The quantitative estimate of drug-likeness (QED) is 0.393. The molecule has 0 aliphatic carbocycles. The lowest BCUT2D eigenvalue weighted by atomic mass is 10.2. The highest BCUT2D eigenvalue weighted by Crippen LogP contribution is 2.26. The van der Waals surface area contributed by atoms with Crippen LogP contribution >= 0.6 is 0 Å². The third-order valence-corrected chi connectivity index (χ3v) is 5.86. The van der Waals surface area contributed by atoms with E-state index in [-0.39, 0.29) is 0 Å². The zero-order chi connectivity index (χ0) is 23.3. The Morgan fingerprint density at radius 1 is 1.03 bits per heavy atom. The Morgan fingerprint density at radius 2 is 1.85 bits per heavy atom. The van der Waals surface area contributed by atoms with Crippen LogP contribution in [-0.4, -0.2) is 76.3 Å². The molecular weight excluding hydrogens is 430 g/mol. The van der Waals surface area contributed by atoms with Crippen LogP contribution in [0.3, 0.4) is 0 Å². The van der Waals surface area contributed by atoms with Gasteiger partial charge < -0.3 is 19.9 Å². The van der Waals surface area contributed by atoms with E-state index in [4.69, 9.17) is 4.74 Å². The summed E-state index contributed by atoms with van der Waals surface area (Å²) in [6, 6.07) is 10.4. The van der Waals surface area contributed by atoms with Crippen molar-refractivity contribution in [3.8, 4) is 0 Å². The van der Waals surface area contributed by atoms with Gasteiger partial charge in [0.15, 0.2) is 5.65 Å². The first kappa shape index (κ1) is 22.2. The van der Waals surface area contributed by atoms with Gasteiger partial charge in [0.2, 0.25) is 0 Å². The van der Waals surface area contributed by atoms with Crippen molar-refractivity contribution < 1.29 is 4.74 Å². The van der Waals surface area contributed by atoms with E-state index in [1.165, 1.54) is 5.69 Å². The third kappa shape index (κ3) is 5.13. The Balaban J connectivity index is 1.27. The molecule has 2 N–H and O–H groups in total. The molecule has 10 nitrogen and oxygen atoms in total. The summed E-state index contributed by atoms with van der Waals surface area (Å²) in [6.45, 7) is 5.33. The number of nitrogens with zero attached hydrogens (tertiary/aromatic N) is 7. The Kier molecular flexibility index (Phi) is 6.59. The standard InChI is InChI=1S/C24H31N9O/c1-30(2)9-3-10-32-17-20(16-27-32)29-33-11-8-22-23(25-18-26-24(22)33)28-19-4-6-21(7-5-19)31-12-14-34-15-13-31/h4-8,11,16-18,29H,3,9-10,12-15H2,1-2H3,(H,25,26,28). The highest BCUT2D eigenvalue weighted by Gasteiger charge is 2.12. The first-order chi connectivity index (χ1) is 16.7. The zero-order valence-electron chi connectivity index (χ0n) is 19.7. The smallest absolute Gasteiger partial charge is 0.164 e. The van der Waals surface area contributed by atoms with Crippen molar-refractivity contribution in [3.05, 3.63) is 55.2 Å². The predicted octanol–water partition coefficient (Wildman–Crippen LogP) is 3.03. The summed E-state index contributed by atoms with van der Waals surface area (Å²) in [5.74, 6) is 0.768. The zero-order valence-corrected chi connectivity index (χ0v) is 19.7. The maximum atomic E-state index is 5.45. The summed E-state index contributed by atoms with van der Waals surface area (Å²) in [7, 11) is 4.16. The van der Waals surface area contributed by atoms with E-state index in [2.05, 4.69) is 74.0 Å². The molecule has 4 aromatic rings. The first-order valence-corrected chi connectivity index (χ1v) is 11.6. The van der Waals surface area contributed by atoms with Crippen LogP contribution in [0.1, 0.15) is 6.42 Å². The fourth-order valence-corrected chi connectivity index (χ4v) is 4.09. The molecule has 0 bridgehead atoms. The largest absolute Gasteiger partial charge is 0.378 e. The molecular formula is C24H31N9O. The minimum absolute atomic E-state index is 0.768. The van der Waals surface area contributed by atoms with Gasteiger partial charge in [-0.25, -0.2) is 14.6 Å². The molecule has 1 aliphatic heterocycles. The number of hydrogen-bond acceptors (Lipinski definition) is 8. The summed E-state index contributed by atoms with van der Waals surface area (Å²) < 4.78 is 9.30. The van der Waals surface area contributed by atoms with Crippen molar-refractivity contribution in [3.63, 3.8) is 0 Å². The number of aromatic nitrogens is 5. The van der Waals surface area contributed by atoms with Crippen LogP contribution < -0.4 is 15.6 Å². The second kappa shape index (κ2) is 10.1. The normalized spacial score (nSPS) is 14.1. The maximum absolute atomic E-state index is 5.45. The Morgan fingerprint density at radius 3 is 2.65 bits per heavy atom. The number of nitrogens with one attached hydrogen (secondary N) is 2. The number of aryl methyl sites for hydroxylation is 1. The second-order valence-electron chi connectivity index (χ2n) is 8.68. The predicted molar refractivity (Wildman–Crippen MR) is 135 cm³/mol. The van der Waals surface area contributed by atoms with Gasteiger partial charge >= 0.3 is 0 Å². The molecule has 1 aromatic carbocycles. The molecule has 5 rings (SSSR count). The molecule has 34 heavy (non-hydrogen) atoms. The highest BCUT2D eigenvalue weighted by molar-refractivity contribution is 5.89. The van der Waals surface area contributed by atoms with Crippen molar-refractivity contribution >= 4 is 33.9 Å². The summed E-state index contributed by atoms with van der Waals surface area (Å²) in [6.07, 6.45) is 8.43. The Labute approximate surface area is 199 Å².